The molecule has 0 aliphatic carbocycles. The summed E-state index contributed by atoms with van der Waals surface area (Å²) in [5.74, 6) is -0.220. The van der Waals surface area contributed by atoms with E-state index in [0.29, 0.717) is 11.3 Å². The highest BCUT2D eigenvalue weighted by molar-refractivity contribution is 5.96. The lowest BCUT2D eigenvalue weighted by atomic mass is 9.95. The van der Waals surface area contributed by atoms with Crippen LogP contribution in [0.4, 0.5) is 11.4 Å². The SMILES string of the molecule is CCC(C)(CC)NC(=O)c1ccc([N+](=O)[O-])c(NC)c1. The van der Waals surface area contributed by atoms with Gasteiger partial charge in [-0.15, -0.1) is 0 Å². The lowest BCUT2D eigenvalue weighted by molar-refractivity contribution is -0.383. The molecule has 0 aliphatic heterocycles. The molecule has 1 rings (SSSR count). The van der Waals surface area contributed by atoms with Crippen molar-refractivity contribution in [2.45, 2.75) is 39.2 Å². The first-order valence-corrected chi connectivity index (χ1v) is 6.65. The third-order valence-electron chi connectivity index (χ3n) is 3.70. The smallest absolute Gasteiger partial charge is 0.292 e. The van der Waals surface area contributed by atoms with Gasteiger partial charge in [-0.05, 0) is 31.9 Å². The number of rotatable bonds is 6. The van der Waals surface area contributed by atoms with Crippen LogP contribution in [0.25, 0.3) is 0 Å². The highest BCUT2D eigenvalue weighted by atomic mass is 16.6. The molecule has 0 unspecified atom stereocenters. The minimum atomic E-state index is -0.476. The Kier molecular flexibility index (Phi) is 5.07. The maximum absolute atomic E-state index is 12.2. The molecule has 6 heteroatoms. The lowest BCUT2D eigenvalue weighted by Gasteiger charge is -2.28. The van der Waals surface area contributed by atoms with E-state index in [4.69, 9.17) is 0 Å². The Morgan fingerprint density at radius 2 is 1.95 bits per heavy atom. The second kappa shape index (κ2) is 6.36. The number of hydrogen-bond donors (Lipinski definition) is 2. The molecule has 0 aromatic heterocycles. The van der Waals surface area contributed by atoms with Crippen LogP contribution in [0.5, 0.6) is 0 Å². The second-order valence-electron chi connectivity index (χ2n) is 4.96. The minimum absolute atomic E-state index is 0.0437. The van der Waals surface area contributed by atoms with Crippen molar-refractivity contribution in [3.05, 3.63) is 33.9 Å². The van der Waals surface area contributed by atoms with Gasteiger partial charge < -0.3 is 10.6 Å². The predicted molar refractivity (Wildman–Crippen MR) is 79.1 cm³/mol. The van der Waals surface area contributed by atoms with Crippen LogP contribution >= 0.6 is 0 Å². The van der Waals surface area contributed by atoms with Crippen LogP contribution in [-0.4, -0.2) is 23.4 Å². The highest BCUT2D eigenvalue weighted by Crippen LogP contribution is 2.25. The Morgan fingerprint density at radius 3 is 2.40 bits per heavy atom. The number of carbonyl (C=O) groups excluding carboxylic acids is 1. The van der Waals surface area contributed by atoms with Crippen molar-refractivity contribution in [2.24, 2.45) is 0 Å². The molecule has 0 saturated heterocycles. The number of nitrogens with one attached hydrogen (secondary N) is 2. The molecular formula is C14H21N3O3. The molecule has 20 heavy (non-hydrogen) atoms. The third-order valence-corrected chi connectivity index (χ3v) is 3.70. The van der Waals surface area contributed by atoms with Gasteiger partial charge in [0.1, 0.15) is 5.69 Å². The molecule has 1 amide bonds. The van der Waals surface area contributed by atoms with Crippen LogP contribution in [0.15, 0.2) is 18.2 Å². The van der Waals surface area contributed by atoms with Crippen molar-refractivity contribution in [3.63, 3.8) is 0 Å². The summed E-state index contributed by atoms with van der Waals surface area (Å²) in [6.07, 6.45) is 1.64. The van der Waals surface area contributed by atoms with E-state index in [1.165, 1.54) is 18.2 Å². The summed E-state index contributed by atoms with van der Waals surface area (Å²) in [5.41, 5.74) is 0.432. The molecule has 0 radical (unpaired) electrons. The van der Waals surface area contributed by atoms with E-state index in [2.05, 4.69) is 10.6 Å². The molecule has 0 aliphatic rings. The second-order valence-corrected chi connectivity index (χ2v) is 4.96. The van der Waals surface area contributed by atoms with E-state index in [1.807, 2.05) is 20.8 Å². The number of anilines is 1. The topological polar surface area (TPSA) is 84.3 Å². The Bertz CT molecular complexity index is 510. The maximum Gasteiger partial charge on any atom is 0.292 e. The standard InChI is InChI=1S/C14H21N3O3/c1-5-14(3,6-2)16-13(18)10-7-8-12(17(19)20)11(9-10)15-4/h7-9,15H,5-6H2,1-4H3,(H,16,18). The Labute approximate surface area is 118 Å². The van der Waals surface area contributed by atoms with E-state index >= 15 is 0 Å². The van der Waals surface area contributed by atoms with Crippen molar-refractivity contribution in [1.29, 1.82) is 0 Å². The molecule has 0 heterocycles. The van der Waals surface area contributed by atoms with Gasteiger partial charge in [-0.3, -0.25) is 14.9 Å². The molecule has 0 fully saturated rings. The van der Waals surface area contributed by atoms with Gasteiger partial charge in [-0.25, -0.2) is 0 Å². The van der Waals surface area contributed by atoms with E-state index in [-0.39, 0.29) is 17.1 Å². The summed E-state index contributed by atoms with van der Waals surface area (Å²) < 4.78 is 0. The average molecular weight is 279 g/mol. The average Bonchev–Trinajstić information content (AvgIpc) is 2.46. The monoisotopic (exact) mass is 279 g/mol. The van der Waals surface area contributed by atoms with Crippen LogP contribution in [0.3, 0.4) is 0 Å². The van der Waals surface area contributed by atoms with E-state index in [1.54, 1.807) is 7.05 Å². The minimum Gasteiger partial charge on any atom is -0.383 e. The first kappa shape index (κ1) is 15.9. The predicted octanol–water partition coefficient (Wildman–Crippen LogP) is 2.95. The van der Waals surface area contributed by atoms with Gasteiger partial charge in [0.25, 0.3) is 11.6 Å². The van der Waals surface area contributed by atoms with Crippen LogP contribution in [0.1, 0.15) is 44.0 Å². The Hall–Kier alpha value is -2.11. The maximum atomic E-state index is 12.2. The van der Waals surface area contributed by atoms with E-state index in [0.717, 1.165) is 12.8 Å². The van der Waals surface area contributed by atoms with Crippen LogP contribution in [0.2, 0.25) is 0 Å². The molecule has 2 N–H and O–H groups in total. The molecule has 0 spiro atoms. The van der Waals surface area contributed by atoms with Crippen molar-refractivity contribution >= 4 is 17.3 Å². The highest BCUT2D eigenvalue weighted by Gasteiger charge is 2.23. The van der Waals surface area contributed by atoms with Gasteiger partial charge in [0, 0.05) is 24.2 Å². The fourth-order valence-corrected chi connectivity index (χ4v) is 1.81. The molecule has 6 nitrogen and oxygen atoms in total. The zero-order chi connectivity index (χ0) is 15.3. The number of amides is 1. The summed E-state index contributed by atoms with van der Waals surface area (Å²) in [5, 5.41) is 16.6. The van der Waals surface area contributed by atoms with Crippen molar-refractivity contribution in [1.82, 2.24) is 5.32 Å². The molecule has 1 aromatic carbocycles. The summed E-state index contributed by atoms with van der Waals surface area (Å²) in [6, 6.07) is 4.31. The summed E-state index contributed by atoms with van der Waals surface area (Å²) in [6.45, 7) is 6.01. The molecule has 1 aromatic rings. The van der Waals surface area contributed by atoms with Crippen molar-refractivity contribution in [2.75, 3.05) is 12.4 Å². The largest absolute Gasteiger partial charge is 0.383 e. The molecule has 0 atom stereocenters. The number of nitro groups is 1. The van der Waals surface area contributed by atoms with E-state index < -0.39 is 4.92 Å². The molecular weight excluding hydrogens is 258 g/mol. The summed E-state index contributed by atoms with van der Waals surface area (Å²) >= 11 is 0. The summed E-state index contributed by atoms with van der Waals surface area (Å²) in [7, 11) is 1.59. The normalized spacial score (nSPS) is 11.0. The number of nitro benzene ring substituents is 1. The van der Waals surface area contributed by atoms with Crippen LogP contribution in [0, 0.1) is 10.1 Å². The van der Waals surface area contributed by atoms with Gasteiger partial charge in [0.15, 0.2) is 0 Å². The molecule has 110 valence electrons. The van der Waals surface area contributed by atoms with Crippen LogP contribution < -0.4 is 10.6 Å². The first-order valence-electron chi connectivity index (χ1n) is 6.65. The zero-order valence-electron chi connectivity index (χ0n) is 12.3. The fraction of sp³-hybridized carbons (Fsp3) is 0.500. The first-order chi connectivity index (χ1) is 9.36. The van der Waals surface area contributed by atoms with E-state index in [9.17, 15) is 14.9 Å². The number of benzene rings is 1. The molecule has 0 saturated carbocycles. The number of carbonyl (C=O) groups is 1. The van der Waals surface area contributed by atoms with Gasteiger partial charge in [0.05, 0.1) is 4.92 Å². The van der Waals surface area contributed by atoms with Crippen molar-refractivity contribution < 1.29 is 9.72 Å². The lowest BCUT2D eigenvalue weighted by Crippen LogP contribution is -2.44. The fourth-order valence-electron chi connectivity index (χ4n) is 1.81. The zero-order valence-corrected chi connectivity index (χ0v) is 12.3. The summed E-state index contributed by atoms with van der Waals surface area (Å²) in [4.78, 5) is 22.6. The number of hydrogen-bond acceptors (Lipinski definition) is 4. The Balaban J connectivity index is 3.03. The van der Waals surface area contributed by atoms with Gasteiger partial charge in [0.2, 0.25) is 0 Å². The number of nitrogens with zero attached hydrogens (tertiary/aromatic N) is 1. The Morgan fingerprint density at radius 1 is 1.35 bits per heavy atom. The molecule has 0 bridgehead atoms. The van der Waals surface area contributed by atoms with Gasteiger partial charge >= 0.3 is 0 Å². The van der Waals surface area contributed by atoms with Gasteiger partial charge in [-0.2, -0.15) is 0 Å². The quantitative estimate of drug-likeness (QED) is 0.619. The third kappa shape index (κ3) is 3.46. The van der Waals surface area contributed by atoms with Crippen molar-refractivity contribution in [3.8, 4) is 0 Å². The van der Waals surface area contributed by atoms with Gasteiger partial charge in [-0.1, -0.05) is 13.8 Å². The van der Waals surface area contributed by atoms with Crippen LogP contribution in [-0.2, 0) is 0 Å².